The van der Waals surface area contributed by atoms with E-state index < -0.39 is 5.97 Å². The van der Waals surface area contributed by atoms with Gasteiger partial charge in [0, 0.05) is 36.0 Å². The van der Waals surface area contributed by atoms with Crippen LogP contribution in [0.5, 0.6) is 5.75 Å². The molecule has 1 aliphatic heterocycles. The van der Waals surface area contributed by atoms with Crippen LogP contribution >= 0.6 is 11.8 Å². The van der Waals surface area contributed by atoms with E-state index in [0.29, 0.717) is 17.9 Å². The van der Waals surface area contributed by atoms with Gasteiger partial charge < -0.3 is 14.7 Å². The quantitative estimate of drug-likeness (QED) is 0.869. The van der Waals surface area contributed by atoms with E-state index >= 15 is 0 Å². The number of nitrogens with zero attached hydrogens (tertiary/aromatic N) is 2. The maximum atomic E-state index is 12.9. The largest absolute Gasteiger partial charge is 0.497 e. The van der Waals surface area contributed by atoms with Crippen molar-refractivity contribution in [2.75, 3.05) is 25.2 Å². The van der Waals surface area contributed by atoms with E-state index in [4.69, 9.17) is 9.84 Å². The Hall–Kier alpha value is -2.54. The van der Waals surface area contributed by atoms with Crippen molar-refractivity contribution >= 4 is 23.6 Å². The highest BCUT2D eigenvalue weighted by Crippen LogP contribution is 2.25. The molecule has 1 atom stereocenters. The monoisotopic (exact) mass is 372 g/mol. The minimum Gasteiger partial charge on any atom is -0.497 e. The number of aliphatic carboxylic acids is 1. The van der Waals surface area contributed by atoms with Gasteiger partial charge in [0.1, 0.15) is 5.75 Å². The van der Waals surface area contributed by atoms with Gasteiger partial charge in [-0.2, -0.15) is 11.8 Å². The number of hydrogen-bond donors (Lipinski definition) is 1. The third-order valence-electron chi connectivity index (χ3n) is 4.31. The second kappa shape index (κ2) is 8.23. The SMILES string of the molecule is COc1ccc(-c2cncc(C(=O)N3CCSCC3CC(=O)O)c2)cc1. The second-order valence-corrected chi connectivity index (χ2v) is 7.17. The molecule has 1 aliphatic rings. The van der Waals surface area contributed by atoms with E-state index in [9.17, 15) is 9.59 Å². The summed E-state index contributed by atoms with van der Waals surface area (Å²) in [5.41, 5.74) is 2.24. The summed E-state index contributed by atoms with van der Waals surface area (Å²) in [7, 11) is 1.61. The summed E-state index contributed by atoms with van der Waals surface area (Å²) >= 11 is 1.68. The topological polar surface area (TPSA) is 79.7 Å². The standard InChI is InChI=1S/C19H20N2O4S/c1-25-17-4-2-13(3-5-17)14-8-15(11-20-10-14)19(24)21-6-7-26-12-16(21)9-18(22)23/h2-5,8,10-11,16H,6-7,9,12H2,1H3,(H,22,23). The lowest BCUT2D eigenvalue weighted by atomic mass is 10.0. The molecule has 136 valence electrons. The Labute approximate surface area is 156 Å². The Bertz CT molecular complexity index is 794. The van der Waals surface area contributed by atoms with Gasteiger partial charge in [0.05, 0.1) is 25.1 Å². The van der Waals surface area contributed by atoms with Crippen LogP contribution in [0, 0.1) is 0 Å². The molecule has 0 saturated carbocycles. The molecule has 7 heteroatoms. The van der Waals surface area contributed by atoms with Crippen molar-refractivity contribution in [3.63, 3.8) is 0 Å². The van der Waals surface area contributed by atoms with Crippen LogP contribution in [0.2, 0.25) is 0 Å². The van der Waals surface area contributed by atoms with Gasteiger partial charge in [0.25, 0.3) is 5.91 Å². The fourth-order valence-corrected chi connectivity index (χ4v) is 4.02. The smallest absolute Gasteiger partial charge is 0.305 e. The van der Waals surface area contributed by atoms with Crippen LogP contribution in [0.4, 0.5) is 0 Å². The molecule has 2 heterocycles. The number of ether oxygens (including phenoxy) is 1. The van der Waals surface area contributed by atoms with Crippen LogP contribution in [0.25, 0.3) is 11.1 Å². The van der Waals surface area contributed by atoms with Crippen molar-refractivity contribution < 1.29 is 19.4 Å². The molecule has 2 aromatic rings. The van der Waals surface area contributed by atoms with Crippen molar-refractivity contribution in [1.82, 2.24) is 9.88 Å². The maximum Gasteiger partial charge on any atom is 0.305 e. The van der Waals surface area contributed by atoms with Gasteiger partial charge in [-0.25, -0.2) is 0 Å². The molecule has 1 N–H and O–H groups in total. The maximum absolute atomic E-state index is 12.9. The highest BCUT2D eigenvalue weighted by molar-refractivity contribution is 7.99. The zero-order valence-corrected chi connectivity index (χ0v) is 15.2. The van der Waals surface area contributed by atoms with Crippen LogP contribution in [0.15, 0.2) is 42.7 Å². The molecular weight excluding hydrogens is 352 g/mol. The van der Waals surface area contributed by atoms with Gasteiger partial charge in [-0.1, -0.05) is 12.1 Å². The van der Waals surface area contributed by atoms with E-state index in [1.807, 2.05) is 24.3 Å². The first kappa shape index (κ1) is 18.3. The fourth-order valence-electron chi connectivity index (χ4n) is 2.96. The number of carbonyl (C=O) groups is 2. The van der Waals surface area contributed by atoms with Gasteiger partial charge in [-0.05, 0) is 23.8 Å². The number of methoxy groups -OCH3 is 1. The van der Waals surface area contributed by atoms with Gasteiger partial charge in [-0.15, -0.1) is 0 Å². The van der Waals surface area contributed by atoms with E-state index in [0.717, 1.165) is 22.6 Å². The molecule has 0 aliphatic carbocycles. The summed E-state index contributed by atoms with van der Waals surface area (Å²) in [6.45, 7) is 0.550. The lowest BCUT2D eigenvalue weighted by Crippen LogP contribution is -2.47. The van der Waals surface area contributed by atoms with E-state index in [-0.39, 0.29) is 18.4 Å². The molecule has 1 saturated heterocycles. The molecule has 0 spiro atoms. The number of benzene rings is 1. The van der Waals surface area contributed by atoms with Crippen LogP contribution in [-0.2, 0) is 4.79 Å². The average molecular weight is 372 g/mol. The highest BCUT2D eigenvalue weighted by atomic mass is 32.2. The molecule has 3 rings (SSSR count). The second-order valence-electron chi connectivity index (χ2n) is 6.02. The van der Waals surface area contributed by atoms with Crippen molar-refractivity contribution in [1.29, 1.82) is 0 Å². The molecular formula is C19H20N2O4S. The normalized spacial score (nSPS) is 17.0. The van der Waals surface area contributed by atoms with Gasteiger partial charge in [0.2, 0.25) is 0 Å². The van der Waals surface area contributed by atoms with E-state index in [1.165, 1.54) is 6.20 Å². The molecule has 1 unspecified atom stereocenters. The van der Waals surface area contributed by atoms with Crippen molar-refractivity contribution in [2.24, 2.45) is 0 Å². The lowest BCUT2D eigenvalue weighted by molar-refractivity contribution is -0.138. The van der Waals surface area contributed by atoms with Crippen molar-refractivity contribution in [3.8, 4) is 16.9 Å². The fraction of sp³-hybridized carbons (Fsp3) is 0.316. The highest BCUT2D eigenvalue weighted by Gasteiger charge is 2.29. The number of amides is 1. The van der Waals surface area contributed by atoms with E-state index in [1.54, 1.807) is 36.0 Å². The number of carboxylic acid groups (broad SMARTS) is 1. The van der Waals surface area contributed by atoms with Crippen LogP contribution in [0.1, 0.15) is 16.8 Å². The van der Waals surface area contributed by atoms with Gasteiger partial charge in [0.15, 0.2) is 0 Å². The number of carbonyl (C=O) groups excluding carboxylic acids is 1. The minimum absolute atomic E-state index is 0.0374. The number of pyridine rings is 1. The first-order valence-corrected chi connectivity index (χ1v) is 9.44. The molecule has 1 aromatic carbocycles. The Morgan fingerprint density at radius 2 is 2.04 bits per heavy atom. The number of thioether (sulfide) groups is 1. The van der Waals surface area contributed by atoms with Crippen LogP contribution < -0.4 is 4.74 Å². The van der Waals surface area contributed by atoms with Crippen LogP contribution in [0.3, 0.4) is 0 Å². The number of aromatic nitrogens is 1. The molecule has 1 aromatic heterocycles. The summed E-state index contributed by atoms with van der Waals surface area (Å²) in [4.78, 5) is 29.9. The van der Waals surface area contributed by atoms with Crippen molar-refractivity contribution in [2.45, 2.75) is 12.5 Å². The molecule has 26 heavy (non-hydrogen) atoms. The molecule has 0 bridgehead atoms. The first-order chi connectivity index (χ1) is 12.6. The number of hydrogen-bond acceptors (Lipinski definition) is 5. The zero-order chi connectivity index (χ0) is 18.5. The molecule has 0 radical (unpaired) electrons. The van der Waals surface area contributed by atoms with Gasteiger partial charge in [-0.3, -0.25) is 14.6 Å². The third kappa shape index (κ3) is 4.16. The third-order valence-corrected chi connectivity index (χ3v) is 5.40. The molecule has 1 fully saturated rings. The Morgan fingerprint density at radius 3 is 2.73 bits per heavy atom. The Morgan fingerprint density at radius 1 is 1.27 bits per heavy atom. The Kier molecular flexibility index (Phi) is 5.78. The first-order valence-electron chi connectivity index (χ1n) is 8.28. The Balaban J connectivity index is 1.83. The average Bonchev–Trinajstić information content (AvgIpc) is 2.67. The summed E-state index contributed by atoms with van der Waals surface area (Å²) < 4.78 is 5.16. The zero-order valence-electron chi connectivity index (χ0n) is 14.4. The van der Waals surface area contributed by atoms with E-state index in [2.05, 4.69) is 4.98 Å². The number of rotatable bonds is 5. The summed E-state index contributed by atoms with van der Waals surface area (Å²) in [5, 5.41) is 9.10. The molecule has 1 amide bonds. The summed E-state index contributed by atoms with van der Waals surface area (Å²) in [5.74, 6) is 1.16. The predicted molar refractivity (Wildman–Crippen MR) is 101 cm³/mol. The lowest BCUT2D eigenvalue weighted by Gasteiger charge is -2.34. The summed E-state index contributed by atoms with van der Waals surface area (Å²) in [6.07, 6.45) is 3.21. The number of carboxylic acids is 1. The van der Waals surface area contributed by atoms with Gasteiger partial charge >= 0.3 is 5.97 Å². The molecule has 6 nitrogen and oxygen atoms in total. The van der Waals surface area contributed by atoms with Crippen LogP contribution in [-0.4, -0.2) is 58.1 Å². The summed E-state index contributed by atoms with van der Waals surface area (Å²) in [6, 6.07) is 9.05. The minimum atomic E-state index is -0.889. The van der Waals surface area contributed by atoms with Crippen molar-refractivity contribution in [3.05, 3.63) is 48.3 Å². The predicted octanol–water partition coefficient (Wildman–Crippen LogP) is 2.79.